The molecule has 0 atom stereocenters. The van der Waals surface area contributed by atoms with E-state index in [2.05, 4.69) is 5.32 Å². The van der Waals surface area contributed by atoms with Gasteiger partial charge in [0.2, 0.25) is 0 Å². The number of benzene rings is 1. The van der Waals surface area contributed by atoms with Gasteiger partial charge in [-0.3, -0.25) is 0 Å². The highest BCUT2D eigenvalue weighted by molar-refractivity contribution is 5.44. The zero-order valence-corrected chi connectivity index (χ0v) is 9.35. The Balaban J connectivity index is 2.28. The predicted molar refractivity (Wildman–Crippen MR) is 60.7 cm³/mol. The van der Waals surface area contributed by atoms with E-state index in [-0.39, 0.29) is 5.82 Å². The van der Waals surface area contributed by atoms with Gasteiger partial charge in [-0.1, -0.05) is 6.07 Å². The number of hydrogen-bond donors (Lipinski definition) is 1. The lowest BCUT2D eigenvalue weighted by Gasteiger charge is -2.07. The third-order valence-electron chi connectivity index (χ3n) is 2.28. The molecule has 84 valence electrons. The minimum Gasteiger partial charge on any atom is -0.385 e. The topological polar surface area (TPSA) is 21.3 Å². The first-order valence-corrected chi connectivity index (χ1v) is 5.23. The zero-order valence-electron chi connectivity index (χ0n) is 9.35. The van der Waals surface area contributed by atoms with Gasteiger partial charge in [-0.2, -0.15) is 0 Å². The van der Waals surface area contributed by atoms with Crippen LogP contribution in [0.4, 0.5) is 10.1 Å². The van der Waals surface area contributed by atoms with Crippen molar-refractivity contribution in [2.75, 3.05) is 25.6 Å². The lowest BCUT2D eigenvalue weighted by Crippen LogP contribution is -2.03. The van der Waals surface area contributed by atoms with Gasteiger partial charge in [0.05, 0.1) is 0 Å². The van der Waals surface area contributed by atoms with Gasteiger partial charge in [0, 0.05) is 25.9 Å². The SMILES string of the molecule is COCCCCNc1ccc(C)c(F)c1. The van der Waals surface area contributed by atoms with Crippen LogP contribution < -0.4 is 5.32 Å². The molecule has 15 heavy (non-hydrogen) atoms. The second-order valence-electron chi connectivity index (χ2n) is 3.59. The molecule has 1 N–H and O–H groups in total. The van der Waals surface area contributed by atoms with Gasteiger partial charge in [-0.25, -0.2) is 4.39 Å². The van der Waals surface area contributed by atoms with Crippen LogP contribution in [0.25, 0.3) is 0 Å². The minimum absolute atomic E-state index is 0.156. The van der Waals surface area contributed by atoms with Crippen molar-refractivity contribution in [3.05, 3.63) is 29.6 Å². The summed E-state index contributed by atoms with van der Waals surface area (Å²) in [7, 11) is 1.70. The van der Waals surface area contributed by atoms with Crippen LogP contribution in [0.15, 0.2) is 18.2 Å². The second-order valence-corrected chi connectivity index (χ2v) is 3.59. The van der Waals surface area contributed by atoms with Crippen molar-refractivity contribution in [2.24, 2.45) is 0 Å². The summed E-state index contributed by atoms with van der Waals surface area (Å²) in [5.41, 5.74) is 1.52. The average Bonchev–Trinajstić information content (AvgIpc) is 2.23. The molecule has 0 saturated carbocycles. The Bertz CT molecular complexity index is 302. The van der Waals surface area contributed by atoms with Crippen LogP contribution in [0.3, 0.4) is 0 Å². The molecule has 1 aromatic carbocycles. The first kappa shape index (κ1) is 12.0. The molecule has 0 saturated heterocycles. The zero-order chi connectivity index (χ0) is 11.1. The fourth-order valence-electron chi connectivity index (χ4n) is 1.31. The van der Waals surface area contributed by atoms with Gasteiger partial charge < -0.3 is 10.1 Å². The van der Waals surface area contributed by atoms with E-state index in [1.165, 1.54) is 6.07 Å². The molecule has 0 spiro atoms. The maximum Gasteiger partial charge on any atom is 0.128 e. The van der Waals surface area contributed by atoms with E-state index in [9.17, 15) is 4.39 Å². The van der Waals surface area contributed by atoms with Crippen LogP contribution in [-0.4, -0.2) is 20.3 Å². The molecule has 0 radical (unpaired) electrons. The quantitative estimate of drug-likeness (QED) is 0.730. The molecule has 0 aliphatic rings. The van der Waals surface area contributed by atoms with E-state index in [1.807, 2.05) is 6.07 Å². The number of aryl methyl sites for hydroxylation is 1. The maximum atomic E-state index is 13.1. The van der Waals surface area contributed by atoms with Gasteiger partial charge >= 0.3 is 0 Å². The molecule has 3 heteroatoms. The van der Waals surface area contributed by atoms with Crippen molar-refractivity contribution in [3.8, 4) is 0 Å². The lowest BCUT2D eigenvalue weighted by molar-refractivity contribution is 0.194. The molecule has 0 aliphatic heterocycles. The number of unbranched alkanes of at least 4 members (excludes halogenated alkanes) is 1. The molecule has 0 amide bonds. The third kappa shape index (κ3) is 4.30. The Morgan fingerprint density at radius 3 is 2.80 bits per heavy atom. The second kappa shape index (κ2) is 6.40. The molecular weight excluding hydrogens is 193 g/mol. The van der Waals surface area contributed by atoms with E-state index in [1.54, 1.807) is 20.1 Å². The van der Waals surface area contributed by atoms with Crippen LogP contribution in [0, 0.1) is 12.7 Å². The van der Waals surface area contributed by atoms with Gasteiger partial charge in [0.25, 0.3) is 0 Å². The van der Waals surface area contributed by atoms with Crippen molar-refractivity contribution >= 4 is 5.69 Å². The van der Waals surface area contributed by atoms with E-state index >= 15 is 0 Å². The van der Waals surface area contributed by atoms with Gasteiger partial charge in [0.15, 0.2) is 0 Å². The highest BCUT2D eigenvalue weighted by Crippen LogP contribution is 2.13. The fraction of sp³-hybridized carbons (Fsp3) is 0.500. The van der Waals surface area contributed by atoms with E-state index in [4.69, 9.17) is 4.74 Å². The lowest BCUT2D eigenvalue weighted by atomic mass is 10.2. The number of nitrogens with one attached hydrogen (secondary N) is 1. The molecule has 0 fully saturated rings. The van der Waals surface area contributed by atoms with Gasteiger partial charge in [-0.05, 0) is 37.5 Å². The van der Waals surface area contributed by atoms with Crippen LogP contribution in [0.1, 0.15) is 18.4 Å². The average molecular weight is 211 g/mol. The molecule has 1 aromatic rings. The predicted octanol–water partition coefficient (Wildman–Crippen LogP) is 2.97. The molecule has 1 rings (SSSR count). The number of ether oxygens (including phenoxy) is 1. The van der Waals surface area contributed by atoms with Gasteiger partial charge in [-0.15, -0.1) is 0 Å². The summed E-state index contributed by atoms with van der Waals surface area (Å²) in [4.78, 5) is 0. The summed E-state index contributed by atoms with van der Waals surface area (Å²) in [6, 6.07) is 5.22. The fourth-order valence-corrected chi connectivity index (χ4v) is 1.31. The first-order valence-electron chi connectivity index (χ1n) is 5.23. The molecule has 0 unspecified atom stereocenters. The van der Waals surface area contributed by atoms with E-state index in [0.29, 0.717) is 5.56 Å². The normalized spacial score (nSPS) is 10.3. The van der Waals surface area contributed by atoms with Crippen molar-refractivity contribution < 1.29 is 9.13 Å². The molecular formula is C12H18FNO. The number of halogens is 1. The summed E-state index contributed by atoms with van der Waals surface area (Å²) in [6.07, 6.45) is 2.06. The van der Waals surface area contributed by atoms with Crippen molar-refractivity contribution in [1.82, 2.24) is 0 Å². The molecule has 0 aliphatic carbocycles. The number of methoxy groups -OCH3 is 1. The standard InChI is InChI=1S/C12H18FNO/c1-10-5-6-11(9-12(10)13)14-7-3-4-8-15-2/h5-6,9,14H,3-4,7-8H2,1-2H3. The summed E-state index contributed by atoms with van der Waals surface area (Å²) in [5, 5.41) is 3.18. The Kier molecular flexibility index (Phi) is 5.12. The monoisotopic (exact) mass is 211 g/mol. The number of anilines is 1. The minimum atomic E-state index is -0.156. The Hall–Kier alpha value is -1.09. The molecule has 2 nitrogen and oxygen atoms in total. The van der Waals surface area contributed by atoms with Crippen LogP contribution >= 0.6 is 0 Å². The number of hydrogen-bond acceptors (Lipinski definition) is 2. The van der Waals surface area contributed by atoms with Crippen LogP contribution in [0.2, 0.25) is 0 Å². The molecule has 0 heterocycles. The Morgan fingerprint density at radius 1 is 1.33 bits per heavy atom. The first-order chi connectivity index (χ1) is 7.24. The van der Waals surface area contributed by atoms with Gasteiger partial charge in [0.1, 0.15) is 5.82 Å². The Morgan fingerprint density at radius 2 is 2.13 bits per heavy atom. The smallest absolute Gasteiger partial charge is 0.128 e. The summed E-state index contributed by atoms with van der Waals surface area (Å²) < 4.78 is 18.1. The van der Waals surface area contributed by atoms with E-state index in [0.717, 1.165) is 31.7 Å². The third-order valence-corrected chi connectivity index (χ3v) is 2.28. The van der Waals surface area contributed by atoms with Crippen molar-refractivity contribution in [2.45, 2.75) is 19.8 Å². The number of rotatable bonds is 6. The van der Waals surface area contributed by atoms with Crippen molar-refractivity contribution in [1.29, 1.82) is 0 Å². The largest absolute Gasteiger partial charge is 0.385 e. The maximum absolute atomic E-state index is 13.1. The Labute approximate surface area is 90.4 Å². The van der Waals surface area contributed by atoms with Crippen LogP contribution in [-0.2, 0) is 4.74 Å². The molecule has 0 bridgehead atoms. The van der Waals surface area contributed by atoms with Crippen LogP contribution in [0.5, 0.6) is 0 Å². The highest BCUT2D eigenvalue weighted by Gasteiger charge is 1.98. The molecule has 0 aromatic heterocycles. The van der Waals surface area contributed by atoms with Crippen molar-refractivity contribution in [3.63, 3.8) is 0 Å². The summed E-state index contributed by atoms with van der Waals surface area (Å²) in [5.74, 6) is -0.156. The summed E-state index contributed by atoms with van der Waals surface area (Å²) in [6.45, 7) is 3.40. The summed E-state index contributed by atoms with van der Waals surface area (Å²) >= 11 is 0. The van der Waals surface area contributed by atoms with E-state index < -0.39 is 0 Å². The highest BCUT2D eigenvalue weighted by atomic mass is 19.1.